The zero-order valence-electron chi connectivity index (χ0n) is 17.3. The fourth-order valence-corrected chi connectivity index (χ4v) is 4.08. The highest BCUT2D eigenvalue weighted by Gasteiger charge is 2.37. The number of halogens is 1. The van der Waals surface area contributed by atoms with E-state index in [-0.39, 0.29) is 17.8 Å². The van der Waals surface area contributed by atoms with Crippen LogP contribution in [0.1, 0.15) is 56.4 Å². The van der Waals surface area contributed by atoms with E-state index in [1.54, 1.807) is 7.05 Å². The maximum Gasteiger partial charge on any atom is 0.315 e. The van der Waals surface area contributed by atoms with Gasteiger partial charge in [-0.15, -0.1) is 0 Å². The van der Waals surface area contributed by atoms with Gasteiger partial charge in [-0.2, -0.15) is 0 Å². The van der Waals surface area contributed by atoms with Gasteiger partial charge in [0.15, 0.2) is 0 Å². The smallest absolute Gasteiger partial charge is 0.315 e. The molecule has 29 heavy (non-hydrogen) atoms. The number of piperidine rings is 1. The van der Waals surface area contributed by atoms with E-state index in [2.05, 4.69) is 16.0 Å². The van der Waals surface area contributed by atoms with Crippen LogP contribution in [0.15, 0.2) is 24.3 Å². The molecule has 1 aromatic carbocycles. The van der Waals surface area contributed by atoms with Gasteiger partial charge in [0.2, 0.25) is 5.91 Å². The summed E-state index contributed by atoms with van der Waals surface area (Å²) in [4.78, 5) is 26.4. The molecule has 1 aliphatic heterocycles. The number of nitrogens with one attached hydrogen (secondary N) is 3. The molecule has 0 bridgehead atoms. The van der Waals surface area contributed by atoms with Crippen molar-refractivity contribution in [2.75, 3.05) is 26.7 Å². The summed E-state index contributed by atoms with van der Waals surface area (Å²) in [5.41, 5.74) is 1.19. The van der Waals surface area contributed by atoms with Crippen LogP contribution in [0.3, 0.4) is 0 Å². The van der Waals surface area contributed by atoms with Gasteiger partial charge in [0, 0.05) is 32.1 Å². The summed E-state index contributed by atoms with van der Waals surface area (Å²) in [6.45, 7) is 2.46. The summed E-state index contributed by atoms with van der Waals surface area (Å²) < 4.78 is 13.0. The highest BCUT2D eigenvalue weighted by molar-refractivity contribution is 5.87. The zero-order chi connectivity index (χ0) is 20.6. The molecule has 1 heterocycles. The third-order valence-corrected chi connectivity index (χ3v) is 5.91. The van der Waals surface area contributed by atoms with Crippen LogP contribution in [0.25, 0.3) is 0 Å². The molecule has 3 amide bonds. The van der Waals surface area contributed by atoms with Crippen LogP contribution in [0.5, 0.6) is 0 Å². The molecule has 1 aliphatic carbocycles. The molecule has 0 aromatic heterocycles. The first-order valence-corrected chi connectivity index (χ1v) is 10.8. The standard InChI is InChI=1S/C22H33FN4O2/c1-24-22(29)26-19(21(28)27-13-5-2-6-14-27)7-3-4-12-25-20-15-18(20)16-8-10-17(23)11-9-16/h8-11,18-20,25H,2-7,12-15H2,1H3,(H2,24,26,29). The van der Waals surface area contributed by atoms with Gasteiger partial charge < -0.3 is 20.9 Å². The van der Waals surface area contributed by atoms with E-state index >= 15 is 0 Å². The number of unbranched alkanes of at least 4 members (excludes halogenated alkanes) is 1. The highest BCUT2D eigenvalue weighted by Crippen LogP contribution is 2.40. The Labute approximate surface area is 172 Å². The fourth-order valence-electron chi connectivity index (χ4n) is 4.08. The molecule has 160 valence electrons. The first-order chi connectivity index (χ1) is 14.1. The Morgan fingerprint density at radius 1 is 1.14 bits per heavy atom. The largest absolute Gasteiger partial charge is 0.341 e. The molecule has 1 saturated heterocycles. The van der Waals surface area contributed by atoms with Gasteiger partial charge >= 0.3 is 6.03 Å². The zero-order valence-corrected chi connectivity index (χ0v) is 17.3. The summed E-state index contributed by atoms with van der Waals surface area (Å²) in [6, 6.07) is 6.45. The summed E-state index contributed by atoms with van der Waals surface area (Å²) >= 11 is 0. The molecule has 3 unspecified atom stereocenters. The Hall–Kier alpha value is -2.15. The fraction of sp³-hybridized carbons (Fsp3) is 0.636. The lowest BCUT2D eigenvalue weighted by Crippen LogP contribution is -2.51. The predicted molar refractivity (Wildman–Crippen MR) is 111 cm³/mol. The average Bonchev–Trinajstić information content (AvgIpc) is 3.52. The number of rotatable bonds is 9. The maximum absolute atomic E-state index is 13.0. The first kappa shape index (κ1) is 21.6. The number of urea groups is 1. The van der Waals surface area contributed by atoms with Crippen molar-refractivity contribution in [1.82, 2.24) is 20.9 Å². The van der Waals surface area contributed by atoms with Crippen LogP contribution in [-0.4, -0.2) is 55.6 Å². The quantitative estimate of drug-likeness (QED) is 0.554. The summed E-state index contributed by atoms with van der Waals surface area (Å²) in [6.07, 6.45) is 6.80. The number of hydrogen-bond acceptors (Lipinski definition) is 3. The topological polar surface area (TPSA) is 73.5 Å². The van der Waals surface area contributed by atoms with E-state index in [0.717, 1.165) is 51.7 Å². The first-order valence-electron chi connectivity index (χ1n) is 10.8. The van der Waals surface area contributed by atoms with Gasteiger partial charge in [-0.25, -0.2) is 9.18 Å². The SMILES string of the molecule is CNC(=O)NC(CCCCNC1CC1c1ccc(F)cc1)C(=O)N1CCCCC1. The van der Waals surface area contributed by atoms with Crippen LogP contribution in [0.4, 0.5) is 9.18 Å². The van der Waals surface area contributed by atoms with Crippen LogP contribution in [0.2, 0.25) is 0 Å². The van der Waals surface area contributed by atoms with E-state index in [4.69, 9.17) is 0 Å². The van der Waals surface area contributed by atoms with Gasteiger partial charge in [0.05, 0.1) is 0 Å². The second-order valence-corrected chi connectivity index (χ2v) is 8.11. The van der Waals surface area contributed by atoms with Crippen LogP contribution < -0.4 is 16.0 Å². The lowest BCUT2D eigenvalue weighted by Gasteiger charge is -2.30. The Kier molecular flexibility index (Phi) is 7.86. The highest BCUT2D eigenvalue weighted by atomic mass is 19.1. The Morgan fingerprint density at radius 2 is 1.86 bits per heavy atom. The number of likely N-dealkylation sites (tertiary alicyclic amines) is 1. The average molecular weight is 405 g/mol. The molecule has 3 rings (SSSR count). The number of benzene rings is 1. The summed E-state index contributed by atoms with van der Waals surface area (Å²) in [5, 5.41) is 8.91. The molecule has 2 aliphatic rings. The molecule has 2 fully saturated rings. The van der Waals surface area contributed by atoms with Gasteiger partial charge in [0.25, 0.3) is 0 Å². The van der Waals surface area contributed by atoms with Crippen LogP contribution in [0, 0.1) is 5.82 Å². The van der Waals surface area contributed by atoms with Gasteiger partial charge in [0.1, 0.15) is 11.9 Å². The van der Waals surface area contributed by atoms with Crippen molar-refractivity contribution in [1.29, 1.82) is 0 Å². The van der Waals surface area contributed by atoms with Crippen LogP contribution >= 0.6 is 0 Å². The van der Waals surface area contributed by atoms with E-state index < -0.39 is 6.04 Å². The molecule has 0 radical (unpaired) electrons. The van der Waals surface area contributed by atoms with E-state index in [0.29, 0.717) is 18.4 Å². The second kappa shape index (κ2) is 10.6. The molecule has 1 saturated carbocycles. The lowest BCUT2D eigenvalue weighted by molar-refractivity contribution is -0.134. The number of hydrogen-bond donors (Lipinski definition) is 3. The molecule has 0 spiro atoms. The normalized spacial score (nSPS) is 22.1. The number of amides is 3. The van der Waals surface area contributed by atoms with E-state index in [1.807, 2.05) is 17.0 Å². The van der Waals surface area contributed by atoms with Crippen molar-refractivity contribution >= 4 is 11.9 Å². The van der Waals surface area contributed by atoms with Crippen molar-refractivity contribution in [2.45, 2.75) is 62.9 Å². The molecule has 6 nitrogen and oxygen atoms in total. The van der Waals surface area contributed by atoms with Crippen LogP contribution in [-0.2, 0) is 4.79 Å². The predicted octanol–water partition coefficient (Wildman–Crippen LogP) is 2.75. The van der Waals surface area contributed by atoms with Gasteiger partial charge in [-0.3, -0.25) is 4.79 Å². The van der Waals surface area contributed by atoms with Gasteiger partial charge in [-0.05, 0) is 69.2 Å². The maximum atomic E-state index is 13.0. The van der Waals surface area contributed by atoms with Gasteiger partial charge in [-0.1, -0.05) is 12.1 Å². The summed E-state index contributed by atoms with van der Waals surface area (Å²) in [7, 11) is 1.56. The minimum atomic E-state index is -0.457. The molecular weight excluding hydrogens is 371 g/mol. The Bertz CT molecular complexity index is 676. The van der Waals surface area contributed by atoms with Crippen molar-refractivity contribution in [3.8, 4) is 0 Å². The van der Waals surface area contributed by atoms with E-state index in [9.17, 15) is 14.0 Å². The van der Waals surface area contributed by atoms with Crippen molar-refractivity contribution in [3.05, 3.63) is 35.6 Å². The third-order valence-electron chi connectivity index (χ3n) is 5.91. The minimum Gasteiger partial charge on any atom is -0.341 e. The number of nitrogens with zero attached hydrogens (tertiary/aromatic N) is 1. The van der Waals surface area contributed by atoms with E-state index in [1.165, 1.54) is 24.1 Å². The Morgan fingerprint density at radius 3 is 2.55 bits per heavy atom. The molecule has 7 heteroatoms. The molecule has 3 N–H and O–H groups in total. The second-order valence-electron chi connectivity index (χ2n) is 8.11. The molecule has 1 aromatic rings. The number of carbonyl (C=O) groups excluding carboxylic acids is 2. The minimum absolute atomic E-state index is 0.0415. The Balaban J connectivity index is 1.37. The molecule has 3 atom stereocenters. The third kappa shape index (κ3) is 6.42. The van der Waals surface area contributed by atoms with Crippen molar-refractivity contribution in [2.24, 2.45) is 0 Å². The lowest BCUT2D eigenvalue weighted by atomic mass is 10.1. The monoisotopic (exact) mass is 404 g/mol. The summed E-state index contributed by atoms with van der Waals surface area (Å²) in [5.74, 6) is 0.316. The van der Waals surface area contributed by atoms with Crippen molar-refractivity contribution < 1.29 is 14.0 Å². The van der Waals surface area contributed by atoms with Crippen molar-refractivity contribution in [3.63, 3.8) is 0 Å². The number of carbonyl (C=O) groups is 2. The molecular formula is C22H33FN4O2.